The Kier molecular flexibility index (Phi) is 6.97. The molecule has 0 N–H and O–H groups in total. The van der Waals surface area contributed by atoms with Crippen molar-refractivity contribution in [1.82, 2.24) is 0 Å². The minimum atomic E-state index is 0.983. The van der Waals surface area contributed by atoms with Crippen molar-refractivity contribution in [2.24, 2.45) is 23.7 Å². The van der Waals surface area contributed by atoms with Crippen molar-refractivity contribution in [2.75, 3.05) is 0 Å². The summed E-state index contributed by atoms with van der Waals surface area (Å²) in [5.74, 6) is 4.15. The Hall–Kier alpha value is 0.217. The van der Waals surface area contributed by atoms with E-state index in [-0.39, 0.29) is 0 Å². The molecule has 2 saturated carbocycles. The molecule has 109 valence electrons. The molecule has 0 nitrogen and oxygen atoms in total. The van der Waals surface area contributed by atoms with E-state index >= 15 is 0 Å². The molecule has 0 aromatic carbocycles. The second-order valence-electron chi connectivity index (χ2n) is 7.50. The largest absolute Gasteiger partial charge is 0.0625 e. The SMILES string of the molecule is CC1CCC(CCCCC2CCC(C[Si])CC2)CC1. The number of hydrogen-bond acceptors (Lipinski definition) is 0. The summed E-state index contributed by atoms with van der Waals surface area (Å²) in [6.45, 7) is 2.43. The standard InChI is InChI=1S/C18H33Si/c1-15-6-8-16(9-7-15)4-2-3-5-17-10-12-18(14-19)13-11-17/h15-18H,2-14H2,1H3. The molecule has 0 heterocycles. The molecule has 0 aliphatic heterocycles. The van der Waals surface area contributed by atoms with E-state index in [1.807, 2.05) is 0 Å². The normalized spacial score (nSPS) is 36.3. The molecule has 1 heteroatoms. The van der Waals surface area contributed by atoms with Crippen LogP contribution in [0.15, 0.2) is 0 Å². The Labute approximate surface area is 124 Å². The second kappa shape index (κ2) is 8.49. The van der Waals surface area contributed by atoms with E-state index in [4.69, 9.17) is 0 Å². The molecule has 0 unspecified atom stereocenters. The fourth-order valence-electron chi connectivity index (χ4n) is 4.21. The molecular formula is C18H33Si. The van der Waals surface area contributed by atoms with Gasteiger partial charge in [-0.1, -0.05) is 90.0 Å². The van der Waals surface area contributed by atoms with Crippen LogP contribution in [0.1, 0.15) is 84.0 Å². The van der Waals surface area contributed by atoms with E-state index < -0.39 is 0 Å². The fraction of sp³-hybridized carbons (Fsp3) is 1.00. The van der Waals surface area contributed by atoms with Crippen molar-refractivity contribution in [3.05, 3.63) is 0 Å². The first-order valence-corrected chi connectivity index (χ1v) is 9.63. The van der Waals surface area contributed by atoms with Gasteiger partial charge in [0, 0.05) is 10.2 Å². The van der Waals surface area contributed by atoms with Gasteiger partial charge in [-0.15, -0.1) is 0 Å². The Morgan fingerprint density at radius 3 is 1.58 bits per heavy atom. The van der Waals surface area contributed by atoms with Crippen molar-refractivity contribution < 1.29 is 0 Å². The zero-order chi connectivity index (χ0) is 13.5. The second-order valence-corrected chi connectivity index (χ2v) is 7.91. The molecule has 2 aliphatic rings. The molecule has 3 radical (unpaired) electrons. The van der Waals surface area contributed by atoms with Gasteiger partial charge < -0.3 is 0 Å². The molecule has 0 spiro atoms. The molecule has 0 bridgehead atoms. The van der Waals surface area contributed by atoms with Crippen LogP contribution in [-0.4, -0.2) is 10.2 Å². The Morgan fingerprint density at radius 2 is 1.11 bits per heavy atom. The van der Waals surface area contributed by atoms with Crippen molar-refractivity contribution in [3.63, 3.8) is 0 Å². The van der Waals surface area contributed by atoms with Crippen LogP contribution >= 0.6 is 0 Å². The highest BCUT2D eigenvalue weighted by Gasteiger charge is 2.20. The molecule has 0 aromatic rings. The lowest BCUT2D eigenvalue weighted by atomic mass is 9.79. The van der Waals surface area contributed by atoms with E-state index in [1.165, 1.54) is 83.1 Å². The first kappa shape index (κ1) is 15.6. The zero-order valence-electron chi connectivity index (χ0n) is 13.0. The molecule has 2 rings (SSSR count). The molecule has 0 saturated heterocycles. The van der Waals surface area contributed by atoms with Gasteiger partial charge in [-0.3, -0.25) is 0 Å². The number of hydrogen-bond donors (Lipinski definition) is 0. The smallest absolute Gasteiger partial charge is 0.0225 e. The highest BCUT2D eigenvalue weighted by molar-refractivity contribution is 6.08. The molecule has 0 atom stereocenters. The highest BCUT2D eigenvalue weighted by Crippen LogP contribution is 2.35. The molecule has 19 heavy (non-hydrogen) atoms. The lowest BCUT2D eigenvalue weighted by Crippen LogP contribution is -2.14. The van der Waals surface area contributed by atoms with E-state index in [2.05, 4.69) is 17.2 Å². The monoisotopic (exact) mass is 277 g/mol. The number of unbranched alkanes of at least 4 members (excludes halogenated alkanes) is 1. The van der Waals surface area contributed by atoms with Crippen LogP contribution in [0, 0.1) is 23.7 Å². The van der Waals surface area contributed by atoms with Crippen LogP contribution in [0.5, 0.6) is 0 Å². The van der Waals surface area contributed by atoms with Gasteiger partial charge in [-0.2, -0.15) is 0 Å². The van der Waals surface area contributed by atoms with Crippen LogP contribution < -0.4 is 0 Å². The summed E-state index contributed by atoms with van der Waals surface area (Å²) < 4.78 is 0. The van der Waals surface area contributed by atoms with Gasteiger partial charge in [0.05, 0.1) is 0 Å². The lowest BCUT2D eigenvalue weighted by molar-refractivity contribution is 0.254. The maximum Gasteiger partial charge on any atom is 0.0225 e. The zero-order valence-corrected chi connectivity index (χ0v) is 14.0. The average molecular weight is 278 g/mol. The third kappa shape index (κ3) is 5.61. The van der Waals surface area contributed by atoms with Crippen molar-refractivity contribution in [2.45, 2.75) is 90.0 Å². The highest BCUT2D eigenvalue weighted by atomic mass is 28.1. The van der Waals surface area contributed by atoms with E-state index in [0.717, 1.165) is 23.7 Å². The van der Waals surface area contributed by atoms with Gasteiger partial charge in [0.2, 0.25) is 0 Å². The third-order valence-electron chi connectivity index (χ3n) is 5.87. The Bertz CT molecular complexity index is 222. The summed E-state index contributed by atoms with van der Waals surface area (Å²) >= 11 is 0. The number of rotatable bonds is 6. The minimum Gasteiger partial charge on any atom is -0.0625 e. The Morgan fingerprint density at radius 1 is 0.684 bits per heavy atom. The van der Waals surface area contributed by atoms with Gasteiger partial charge >= 0.3 is 0 Å². The van der Waals surface area contributed by atoms with E-state index in [9.17, 15) is 0 Å². The maximum atomic E-state index is 3.69. The summed E-state index contributed by atoms with van der Waals surface area (Å²) in [6, 6.07) is 1.23. The average Bonchev–Trinajstić information content (AvgIpc) is 2.46. The van der Waals surface area contributed by atoms with Crippen LogP contribution in [0.2, 0.25) is 6.04 Å². The minimum absolute atomic E-state index is 0.983. The van der Waals surface area contributed by atoms with Crippen LogP contribution in [0.25, 0.3) is 0 Å². The van der Waals surface area contributed by atoms with E-state index in [1.54, 1.807) is 0 Å². The molecular weight excluding hydrogens is 244 g/mol. The van der Waals surface area contributed by atoms with Crippen molar-refractivity contribution in [3.8, 4) is 0 Å². The summed E-state index contributed by atoms with van der Waals surface area (Å²) in [5, 5.41) is 0. The van der Waals surface area contributed by atoms with Crippen molar-refractivity contribution >= 4 is 10.2 Å². The molecule has 0 amide bonds. The molecule has 0 aromatic heterocycles. The van der Waals surface area contributed by atoms with Gasteiger partial charge in [-0.25, -0.2) is 0 Å². The first-order chi connectivity index (χ1) is 9.28. The summed E-state index contributed by atoms with van der Waals surface area (Å²) in [4.78, 5) is 0. The summed E-state index contributed by atoms with van der Waals surface area (Å²) in [6.07, 6.45) is 18.1. The third-order valence-corrected chi connectivity index (χ3v) is 6.44. The fourth-order valence-corrected chi connectivity index (χ4v) is 4.62. The predicted octanol–water partition coefficient (Wildman–Crippen LogP) is 5.77. The summed E-state index contributed by atoms with van der Waals surface area (Å²) in [7, 11) is 3.69. The van der Waals surface area contributed by atoms with Crippen LogP contribution in [0.4, 0.5) is 0 Å². The molecule has 2 aliphatic carbocycles. The quantitative estimate of drug-likeness (QED) is 0.427. The molecule has 2 fully saturated rings. The van der Waals surface area contributed by atoms with Crippen LogP contribution in [0.3, 0.4) is 0 Å². The maximum absolute atomic E-state index is 3.69. The Balaban J connectivity index is 1.48. The topological polar surface area (TPSA) is 0 Å². The van der Waals surface area contributed by atoms with Gasteiger partial charge in [0.15, 0.2) is 0 Å². The van der Waals surface area contributed by atoms with Gasteiger partial charge in [0.25, 0.3) is 0 Å². The lowest BCUT2D eigenvalue weighted by Gasteiger charge is -2.28. The summed E-state index contributed by atoms with van der Waals surface area (Å²) in [5.41, 5.74) is 0. The van der Waals surface area contributed by atoms with Gasteiger partial charge in [-0.05, 0) is 23.7 Å². The van der Waals surface area contributed by atoms with Crippen molar-refractivity contribution in [1.29, 1.82) is 0 Å². The van der Waals surface area contributed by atoms with Crippen LogP contribution in [-0.2, 0) is 0 Å². The first-order valence-electron chi connectivity index (χ1n) is 8.92. The van der Waals surface area contributed by atoms with Gasteiger partial charge in [0.1, 0.15) is 0 Å². The van der Waals surface area contributed by atoms with E-state index in [0.29, 0.717) is 0 Å². The predicted molar refractivity (Wildman–Crippen MR) is 85.6 cm³/mol.